The summed E-state index contributed by atoms with van der Waals surface area (Å²) in [4.78, 5) is 12.0. The van der Waals surface area contributed by atoms with E-state index in [0.717, 1.165) is 70.2 Å². The summed E-state index contributed by atoms with van der Waals surface area (Å²) in [5.74, 6) is 1.43. The van der Waals surface area contributed by atoms with E-state index in [4.69, 9.17) is 45.4 Å². The molecule has 0 bridgehead atoms. The van der Waals surface area contributed by atoms with E-state index in [0.29, 0.717) is 53.2 Å². The summed E-state index contributed by atoms with van der Waals surface area (Å²) in [5.41, 5.74) is 2.22. The number of hydrogen-bond acceptors (Lipinski definition) is 13. The molecule has 2 saturated heterocycles. The van der Waals surface area contributed by atoms with Crippen molar-refractivity contribution in [3.05, 3.63) is 48.0 Å². The highest BCUT2D eigenvalue weighted by molar-refractivity contribution is 6.32. The van der Waals surface area contributed by atoms with Crippen LogP contribution in [0.15, 0.2) is 43.0 Å². The maximum atomic E-state index is 6.53. The van der Waals surface area contributed by atoms with Gasteiger partial charge in [-0.05, 0) is 101 Å². The molecule has 1 saturated carbocycles. The average Bonchev–Trinajstić information content (AvgIpc) is 3.82. The summed E-state index contributed by atoms with van der Waals surface area (Å²) < 4.78 is 34.1. The van der Waals surface area contributed by atoms with Crippen LogP contribution in [-0.2, 0) is 20.8 Å². The fourth-order valence-electron chi connectivity index (χ4n) is 7.51. The van der Waals surface area contributed by atoms with Crippen molar-refractivity contribution in [3.8, 4) is 22.9 Å². The van der Waals surface area contributed by atoms with Gasteiger partial charge in [-0.25, -0.2) is 14.6 Å². The normalized spacial score (nSPS) is 25.1. The van der Waals surface area contributed by atoms with Gasteiger partial charge in [0.2, 0.25) is 5.95 Å². The minimum Gasteiger partial charge on any atom is -0.487 e. The first-order valence-electron chi connectivity index (χ1n) is 18.9. The molecule has 0 amide bonds. The Hall–Kier alpha value is -3.89. The molecule has 53 heavy (non-hydrogen) atoms. The molecule has 0 radical (unpaired) electrons. The summed E-state index contributed by atoms with van der Waals surface area (Å²) in [7, 11) is 0. The molecule has 3 aromatic heterocycles. The second kappa shape index (κ2) is 17.5. The molecule has 1 aliphatic carbocycles. The molecule has 5 heterocycles. The number of nitrogens with one attached hydrogen (secondary N) is 1. The van der Waals surface area contributed by atoms with Crippen molar-refractivity contribution in [2.24, 2.45) is 0 Å². The van der Waals surface area contributed by atoms with Crippen LogP contribution >= 0.6 is 11.6 Å². The lowest BCUT2D eigenvalue weighted by Crippen LogP contribution is -2.51. The van der Waals surface area contributed by atoms with Crippen LogP contribution in [0.2, 0.25) is 5.02 Å². The standard InChI is InChI=1S/C37H51ClN10O5/c1-24-18-46(19-25(2)51-24)29-9-11-30(12-10-29)48-21-33(36(43-48)50-22-27(4)53-35-7-5-6-16-49-35)42-37-39-15-14-32(41-37)28-8-13-31(38)34(17-28)52-26(3)20-47-23-40-44-45-47/h8,13-15,17,21,23-27,29-30,35H,5-7,9-12,16,18-20,22H2,1-4H3,(H,39,41,42)/t24-,25+,26-,27+,29?,30?,35+/m0/s1. The molecular weight excluding hydrogens is 700 g/mol. The highest BCUT2D eigenvalue weighted by atomic mass is 35.5. The Morgan fingerprint density at radius 1 is 1.00 bits per heavy atom. The van der Waals surface area contributed by atoms with E-state index < -0.39 is 0 Å². The lowest BCUT2D eigenvalue weighted by Gasteiger charge is -2.42. The molecule has 15 nitrogen and oxygen atoms in total. The third-order valence-corrected chi connectivity index (χ3v) is 10.3. The van der Waals surface area contributed by atoms with Gasteiger partial charge < -0.3 is 29.0 Å². The van der Waals surface area contributed by atoms with E-state index in [2.05, 4.69) is 49.3 Å². The van der Waals surface area contributed by atoms with E-state index >= 15 is 0 Å². The van der Waals surface area contributed by atoms with Crippen molar-refractivity contribution in [1.29, 1.82) is 0 Å². The fraction of sp³-hybridized carbons (Fsp3) is 0.622. The van der Waals surface area contributed by atoms with Gasteiger partial charge in [-0.3, -0.25) is 9.58 Å². The molecule has 16 heteroatoms. The number of hydrogen-bond donors (Lipinski definition) is 1. The Balaban J connectivity index is 1.05. The summed E-state index contributed by atoms with van der Waals surface area (Å²) in [6.45, 7) is 11.8. The smallest absolute Gasteiger partial charge is 0.257 e. The van der Waals surface area contributed by atoms with Crippen molar-refractivity contribution < 1.29 is 23.7 Å². The van der Waals surface area contributed by atoms with Crippen LogP contribution in [0.4, 0.5) is 11.6 Å². The van der Waals surface area contributed by atoms with E-state index in [1.54, 1.807) is 23.3 Å². The second-order valence-corrected chi connectivity index (χ2v) is 15.0. The van der Waals surface area contributed by atoms with E-state index in [1.807, 2.05) is 38.2 Å². The number of halogens is 1. The van der Waals surface area contributed by atoms with Crippen LogP contribution in [-0.4, -0.2) is 108 Å². The van der Waals surface area contributed by atoms with E-state index in [-0.39, 0.29) is 36.7 Å². The maximum Gasteiger partial charge on any atom is 0.257 e. The molecule has 0 spiro atoms. The quantitative estimate of drug-likeness (QED) is 0.159. The Kier molecular flexibility index (Phi) is 12.4. The topological polar surface area (TPSA) is 149 Å². The van der Waals surface area contributed by atoms with Crippen LogP contribution in [0.25, 0.3) is 11.3 Å². The maximum absolute atomic E-state index is 6.53. The third-order valence-electron chi connectivity index (χ3n) is 9.97. The molecular formula is C37H51ClN10O5. The average molecular weight is 751 g/mol. The molecule has 3 fully saturated rings. The number of rotatable bonds is 14. The first-order chi connectivity index (χ1) is 25.8. The zero-order valence-corrected chi connectivity index (χ0v) is 31.8. The van der Waals surface area contributed by atoms with Crippen molar-refractivity contribution in [2.45, 2.75) is 122 Å². The predicted octanol–water partition coefficient (Wildman–Crippen LogP) is 6.09. The monoisotopic (exact) mass is 750 g/mol. The van der Waals surface area contributed by atoms with Gasteiger partial charge in [0.25, 0.3) is 5.88 Å². The number of tetrazole rings is 1. The lowest BCUT2D eigenvalue weighted by molar-refractivity contribution is -0.189. The number of nitrogens with zero attached hydrogens (tertiary/aromatic N) is 9. The van der Waals surface area contributed by atoms with Gasteiger partial charge in [-0.1, -0.05) is 17.7 Å². The Morgan fingerprint density at radius 2 is 1.81 bits per heavy atom. The molecule has 3 aliphatic rings. The number of anilines is 2. The third kappa shape index (κ3) is 10.0. The van der Waals surface area contributed by atoms with Gasteiger partial charge in [0.05, 0.1) is 47.8 Å². The molecule has 7 rings (SSSR count). The predicted molar refractivity (Wildman–Crippen MR) is 198 cm³/mol. The highest BCUT2D eigenvalue weighted by Crippen LogP contribution is 2.36. The molecule has 2 aliphatic heterocycles. The zero-order chi connectivity index (χ0) is 36.7. The number of ether oxygens (including phenoxy) is 5. The lowest BCUT2D eigenvalue weighted by atomic mass is 9.89. The number of morpholine rings is 1. The Bertz CT molecular complexity index is 1740. The van der Waals surface area contributed by atoms with Crippen molar-refractivity contribution in [3.63, 3.8) is 0 Å². The molecule has 5 atom stereocenters. The van der Waals surface area contributed by atoms with Gasteiger partial charge in [0.1, 0.15) is 30.5 Å². The molecule has 286 valence electrons. The first kappa shape index (κ1) is 37.4. The van der Waals surface area contributed by atoms with Crippen LogP contribution < -0.4 is 14.8 Å². The molecule has 1 aromatic carbocycles. The van der Waals surface area contributed by atoms with Crippen LogP contribution in [0.5, 0.6) is 11.6 Å². The summed E-state index contributed by atoms with van der Waals surface area (Å²) in [5, 5.41) is 20.2. The first-order valence-corrected chi connectivity index (χ1v) is 19.3. The minimum absolute atomic E-state index is 0.179. The van der Waals surface area contributed by atoms with Gasteiger partial charge >= 0.3 is 0 Å². The Labute approximate surface area is 315 Å². The van der Waals surface area contributed by atoms with Crippen LogP contribution in [0, 0.1) is 0 Å². The summed E-state index contributed by atoms with van der Waals surface area (Å²) in [6.07, 6.45) is 12.6. The van der Waals surface area contributed by atoms with Gasteiger partial charge in [0.15, 0.2) is 6.29 Å². The van der Waals surface area contributed by atoms with Crippen molar-refractivity contribution in [1.82, 2.24) is 44.9 Å². The van der Waals surface area contributed by atoms with Gasteiger partial charge in [0, 0.05) is 37.5 Å². The van der Waals surface area contributed by atoms with Gasteiger partial charge in [-0.15, -0.1) is 10.2 Å². The SMILES string of the molecule is C[C@H](COc1nn(C2CCC(N3C[C@@H](C)O[C@@H](C)C3)CC2)cc1Nc1nccc(-c2ccc(Cl)c(O[C@@H](C)Cn3cnnn3)c2)n1)O[C@@H]1CCCCO1. The van der Waals surface area contributed by atoms with Crippen LogP contribution in [0.3, 0.4) is 0 Å². The largest absolute Gasteiger partial charge is 0.487 e. The van der Waals surface area contributed by atoms with E-state index in [1.165, 1.54) is 0 Å². The summed E-state index contributed by atoms with van der Waals surface area (Å²) >= 11 is 6.53. The van der Waals surface area contributed by atoms with Gasteiger partial charge in [-0.2, -0.15) is 0 Å². The molecule has 4 aromatic rings. The van der Waals surface area contributed by atoms with E-state index in [9.17, 15) is 0 Å². The van der Waals surface area contributed by atoms with Crippen LogP contribution in [0.1, 0.15) is 78.7 Å². The number of benzene rings is 1. The highest BCUT2D eigenvalue weighted by Gasteiger charge is 2.32. The van der Waals surface area contributed by atoms with Crippen molar-refractivity contribution in [2.75, 3.05) is 31.6 Å². The zero-order valence-electron chi connectivity index (χ0n) is 31.0. The molecule has 0 unspecified atom stereocenters. The minimum atomic E-state index is -0.228. The number of aromatic nitrogens is 8. The fourth-order valence-corrected chi connectivity index (χ4v) is 7.67. The molecule has 1 N–H and O–H groups in total. The second-order valence-electron chi connectivity index (χ2n) is 14.6. The van der Waals surface area contributed by atoms with Crippen molar-refractivity contribution >= 4 is 23.2 Å². The summed E-state index contributed by atoms with van der Waals surface area (Å²) in [6, 6.07) is 8.26. The Morgan fingerprint density at radius 3 is 2.57 bits per heavy atom.